The minimum Gasteiger partial charge on any atom is -0.369 e. The molecular formula is C18H22BrN3O. The average molecular weight is 376 g/mol. The number of carbonyl (C=O) groups excluding carboxylic acids is 1. The van der Waals surface area contributed by atoms with E-state index in [2.05, 4.69) is 46.0 Å². The molecule has 5 heteroatoms. The van der Waals surface area contributed by atoms with Crippen LogP contribution in [0.2, 0.25) is 0 Å². The van der Waals surface area contributed by atoms with Crippen LogP contribution >= 0.6 is 15.9 Å². The standard InChI is InChI=1S/C18H22BrN3O/c1-22(2)15-5-7-18(8-6-15,17(20)23)16-10-13-9-14(19)4-3-12(13)11-21-16/h3-4,9-11,15H,5-8H2,1-2H3,(H2,20,23). The van der Waals surface area contributed by atoms with E-state index in [1.165, 1.54) is 0 Å². The molecule has 0 saturated heterocycles. The molecule has 1 aromatic heterocycles. The number of hydrogen-bond donors (Lipinski definition) is 1. The van der Waals surface area contributed by atoms with Gasteiger partial charge in [-0.3, -0.25) is 9.78 Å². The minimum atomic E-state index is -0.636. The molecule has 0 radical (unpaired) electrons. The number of hydrogen-bond acceptors (Lipinski definition) is 3. The second-order valence-corrected chi connectivity index (χ2v) is 7.62. The predicted molar refractivity (Wildman–Crippen MR) is 96.3 cm³/mol. The lowest BCUT2D eigenvalue weighted by Gasteiger charge is -2.39. The molecule has 1 amide bonds. The van der Waals surface area contributed by atoms with Gasteiger partial charge in [-0.15, -0.1) is 0 Å². The third-order valence-electron chi connectivity index (χ3n) is 5.18. The molecule has 0 spiro atoms. The van der Waals surface area contributed by atoms with E-state index < -0.39 is 5.41 Å². The van der Waals surface area contributed by atoms with Crippen molar-refractivity contribution < 1.29 is 4.79 Å². The van der Waals surface area contributed by atoms with Crippen LogP contribution < -0.4 is 5.73 Å². The van der Waals surface area contributed by atoms with Crippen LogP contribution in [-0.2, 0) is 10.2 Å². The smallest absolute Gasteiger partial charge is 0.229 e. The number of halogens is 1. The Labute approximate surface area is 145 Å². The molecule has 23 heavy (non-hydrogen) atoms. The van der Waals surface area contributed by atoms with Crippen LogP contribution in [0.4, 0.5) is 0 Å². The highest BCUT2D eigenvalue weighted by molar-refractivity contribution is 9.10. The molecule has 0 bridgehead atoms. The largest absolute Gasteiger partial charge is 0.369 e. The van der Waals surface area contributed by atoms with Gasteiger partial charge in [0.2, 0.25) is 5.91 Å². The number of rotatable bonds is 3. The summed E-state index contributed by atoms with van der Waals surface area (Å²) in [6.07, 6.45) is 5.30. The first kappa shape index (κ1) is 16.4. The fourth-order valence-corrected chi connectivity index (χ4v) is 3.99. The van der Waals surface area contributed by atoms with Crippen LogP contribution in [0.25, 0.3) is 10.8 Å². The number of primary amides is 1. The Balaban J connectivity index is 2.00. The van der Waals surface area contributed by atoms with Gasteiger partial charge in [-0.05, 0) is 63.4 Å². The normalized spacial score (nSPS) is 25.0. The monoisotopic (exact) mass is 375 g/mol. The van der Waals surface area contributed by atoms with Gasteiger partial charge >= 0.3 is 0 Å². The molecule has 1 aromatic carbocycles. The van der Waals surface area contributed by atoms with Crippen LogP contribution in [0.1, 0.15) is 31.4 Å². The summed E-state index contributed by atoms with van der Waals surface area (Å²) in [5.74, 6) is -0.253. The molecule has 1 heterocycles. The number of fused-ring (bicyclic) bond motifs is 1. The molecule has 0 aliphatic heterocycles. The van der Waals surface area contributed by atoms with E-state index in [0.29, 0.717) is 6.04 Å². The zero-order chi connectivity index (χ0) is 16.6. The SMILES string of the molecule is CN(C)C1CCC(C(N)=O)(c2cc3cc(Br)ccc3cn2)CC1. The van der Waals surface area contributed by atoms with Gasteiger partial charge in [-0.1, -0.05) is 22.0 Å². The van der Waals surface area contributed by atoms with E-state index in [9.17, 15) is 4.79 Å². The third-order valence-corrected chi connectivity index (χ3v) is 5.68. The predicted octanol–water partition coefficient (Wildman–Crippen LogP) is 3.22. The van der Waals surface area contributed by atoms with Crippen molar-refractivity contribution in [2.75, 3.05) is 14.1 Å². The molecule has 0 unspecified atom stereocenters. The van der Waals surface area contributed by atoms with E-state index in [1.54, 1.807) is 0 Å². The Morgan fingerprint density at radius 3 is 2.57 bits per heavy atom. The number of amides is 1. The molecule has 2 aromatic rings. The summed E-state index contributed by atoms with van der Waals surface area (Å²) in [5.41, 5.74) is 6.00. The fourth-order valence-electron chi connectivity index (χ4n) is 3.61. The van der Waals surface area contributed by atoms with Crippen molar-refractivity contribution in [3.63, 3.8) is 0 Å². The maximum atomic E-state index is 12.3. The maximum Gasteiger partial charge on any atom is 0.229 e. The van der Waals surface area contributed by atoms with Crippen LogP contribution in [0.3, 0.4) is 0 Å². The Morgan fingerprint density at radius 2 is 1.96 bits per heavy atom. The summed E-state index contributed by atoms with van der Waals surface area (Å²) in [6, 6.07) is 8.62. The number of pyridine rings is 1. The molecule has 1 saturated carbocycles. The first-order valence-corrected chi connectivity index (χ1v) is 8.74. The van der Waals surface area contributed by atoms with Crippen LogP contribution in [-0.4, -0.2) is 35.9 Å². The number of benzene rings is 1. The number of carbonyl (C=O) groups is 1. The van der Waals surface area contributed by atoms with Gasteiger partial charge in [-0.2, -0.15) is 0 Å². The van der Waals surface area contributed by atoms with Crippen molar-refractivity contribution >= 4 is 32.6 Å². The Morgan fingerprint density at radius 1 is 1.26 bits per heavy atom. The van der Waals surface area contributed by atoms with Gasteiger partial charge in [-0.25, -0.2) is 0 Å². The first-order valence-electron chi connectivity index (χ1n) is 7.94. The van der Waals surface area contributed by atoms with E-state index >= 15 is 0 Å². The van der Waals surface area contributed by atoms with Gasteiger partial charge in [0.05, 0.1) is 11.1 Å². The lowest BCUT2D eigenvalue weighted by molar-refractivity contribution is -0.125. The molecule has 1 aliphatic carbocycles. The molecular weight excluding hydrogens is 354 g/mol. The highest BCUT2D eigenvalue weighted by Crippen LogP contribution is 2.40. The third kappa shape index (κ3) is 3.00. The quantitative estimate of drug-likeness (QED) is 0.895. The van der Waals surface area contributed by atoms with E-state index in [0.717, 1.165) is 46.6 Å². The van der Waals surface area contributed by atoms with Crippen LogP contribution in [0, 0.1) is 0 Å². The topological polar surface area (TPSA) is 59.2 Å². The van der Waals surface area contributed by atoms with Crippen LogP contribution in [0.5, 0.6) is 0 Å². The maximum absolute atomic E-state index is 12.3. The molecule has 122 valence electrons. The highest BCUT2D eigenvalue weighted by atomic mass is 79.9. The highest BCUT2D eigenvalue weighted by Gasteiger charge is 2.43. The van der Waals surface area contributed by atoms with Gasteiger partial charge in [0.1, 0.15) is 0 Å². The van der Waals surface area contributed by atoms with Crippen molar-refractivity contribution in [2.24, 2.45) is 5.73 Å². The summed E-state index contributed by atoms with van der Waals surface area (Å²) >= 11 is 3.50. The van der Waals surface area contributed by atoms with E-state index in [4.69, 9.17) is 5.73 Å². The van der Waals surface area contributed by atoms with Gasteiger partial charge in [0.15, 0.2) is 0 Å². The molecule has 3 rings (SSSR count). The van der Waals surface area contributed by atoms with Crippen molar-refractivity contribution in [3.8, 4) is 0 Å². The first-order chi connectivity index (χ1) is 10.9. The van der Waals surface area contributed by atoms with Crippen molar-refractivity contribution in [1.82, 2.24) is 9.88 Å². The summed E-state index contributed by atoms with van der Waals surface area (Å²) in [4.78, 5) is 19.1. The Hall–Kier alpha value is -1.46. The van der Waals surface area contributed by atoms with E-state index in [1.807, 2.05) is 24.4 Å². The lowest BCUT2D eigenvalue weighted by atomic mass is 9.69. The molecule has 1 aliphatic rings. The van der Waals surface area contributed by atoms with Crippen molar-refractivity contribution in [1.29, 1.82) is 0 Å². The van der Waals surface area contributed by atoms with Crippen LogP contribution in [0.15, 0.2) is 34.9 Å². The van der Waals surface area contributed by atoms with Crippen molar-refractivity contribution in [2.45, 2.75) is 37.1 Å². The molecule has 0 atom stereocenters. The van der Waals surface area contributed by atoms with Gasteiger partial charge < -0.3 is 10.6 Å². The van der Waals surface area contributed by atoms with Gasteiger partial charge in [0, 0.05) is 22.1 Å². The lowest BCUT2D eigenvalue weighted by Crippen LogP contribution is -2.47. The zero-order valence-electron chi connectivity index (χ0n) is 13.6. The summed E-state index contributed by atoms with van der Waals surface area (Å²) in [6.45, 7) is 0. The number of aromatic nitrogens is 1. The minimum absolute atomic E-state index is 0.253. The molecule has 2 N–H and O–H groups in total. The van der Waals surface area contributed by atoms with Gasteiger partial charge in [0.25, 0.3) is 0 Å². The summed E-state index contributed by atoms with van der Waals surface area (Å²) in [7, 11) is 4.18. The second kappa shape index (κ2) is 6.21. The second-order valence-electron chi connectivity index (χ2n) is 6.70. The summed E-state index contributed by atoms with van der Waals surface area (Å²) < 4.78 is 1.02. The van der Waals surface area contributed by atoms with Crippen molar-refractivity contribution in [3.05, 3.63) is 40.6 Å². The average Bonchev–Trinajstić information content (AvgIpc) is 2.53. The van der Waals surface area contributed by atoms with E-state index in [-0.39, 0.29) is 5.91 Å². The number of nitrogens with two attached hydrogens (primary N) is 1. The summed E-state index contributed by atoms with van der Waals surface area (Å²) in [5, 5.41) is 2.15. The zero-order valence-corrected chi connectivity index (χ0v) is 15.1. The Kier molecular flexibility index (Phi) is 4.43. The molecule has 1 fully saturated rings. The number of nitrogens with zero attached hydrogens (tertiary/aromatic N) is 2. The Bertz CT molecular complexity index is 736. The molecule has 4 nitrogen and oxygen atoms in total. The fraction of sp³-hybridized carbons (Fsp3) is 0.444.